The summed E-state index contributed by atoms with van der Waals surface area (Å²) in [5.41, 5.74) is 5.63. The van der Waals surface area contributed by atoms with E-state index in [0.29, 0.717) is 18.1 Å². The summed E-state index contributed by atoms with van der Waals surface area (Å²) in [4.78, 5) is 27.7. The maximum atomic E-state index is 11.9. The van der Waals surface area contributed by atoms with Gasteiger partial charge in [-0.15, -0.1) is 0 Å². The number of amides is 1. The summed E-state index contributed by atoms with van der Waals surface area (Å²) in [5, 5.41) is 5.60. The first kappa shape index (κ1) is 16.7. The Morgan fingerprint density at radius 3 is 2.67 bits per heavy atom. The Morgan fingerprint density at radius 2 is 2.10 bits per heavy atom. The van der Waals surface area contributed by atoms with E-state index in [4.69, 9.17) is 10.5 Å². The van der Waals surface area contributed by atoms with Crippen molar-refractivity contribution < 1.29 is 14.3 Å². The second-order valence-corrected chi connectivity index (χ2v) is 5.20. The predicted octanol–water partition coefficient (Wildman–Crippen LogP) is 1.02. The first-order valence-corrected chi connectivity index (χ1v) is 6.70. The molecule has 21 heavy (non-hydrogen) atoms. The van der Waals surface area contributed by atoms with Crippen LogP contribution in [-0.4, -0.2) is 37.1 Å². The van der Waals surface area contributed by atoms with Crippen LogP contribution in [0.3, 0.4) is 0 Å². The van der Waals surface area contributed by atoms with Crippen molar-refractivity contribution in [2.24, 2.45) is 5.41 Å². The molecule has 1 aromatic heterocycles. The van der Waals surface area contributed by atoms with Gasteiger partial charge >= 0.3 is 5.97 Å². The molecule has 0 aliphatic rings. The van der Waals surface area contributed by atoms with E-state index in [-0.39, 0.29) is 18.1 Å². The number of rotatable bonds is 6. The van der Waals surface area contributed by atoms with Crippen molar-refractivity contribution in [2.75, 3.05) is 31.2 Å². The molecule has 0 aliphatic carbocycles. The Hall–Kier alpha value is -2.31. The number of nitrogens with zero attached hydrogens (tertiary/aromatic N) is 1. The zero-order chi connectivity index (χ0) is 16.0. The van der Waals surface area contributed by atoms with Crippen LogP contribution < -0.4 is 16.4 Å². The van der Waals surface area contributed by atoms with Crippen LogP contribution in [0.4, 0.5) is 11.5 Å². The minimum atomic E-state index is -0.649. The van der Waals surface area contributed by atoms with Gasteiger partial charge in [-0.05, 0) is 26.8 Å². The van der Waals surface area contributed by atoms with Crippen molar-refractivity contribution >= 4 is 23.4 Å². The molecule has 0 aromatic carbocycles. The molecule has 0 radical (unpaired) electrons. The summed E-state index contributed by atoms with van der Waals surface area (Å²) >= 11 is 0. The Kier molecular flexibility index (Phi) is 5.52. The second kappa shape index (κ2) is 6.92. The molecular formula is C14H22N4O3. The summed E-state index contributed by atoms with van der Waals surface area (Å²) in [5.74, 6) is -0.264. The number of hydrogen-bond acceptors (Lipinski definition) is 6. The van der Waals surface area contributed by atoms with Crippen LogP contribution in [0.25, 0.3) is 0 Å². The third-order valence-corrected chi connectivity index (χ3v) is 2.94. The molecule has 1 heterocycles. The van der Waals surface area contributed by atoms with Crippen molar-refractivity contribution in [3.05, 3.63) is 17.8 Å². The van der Waals surface area contributed by atoms with Crippen molar-refractivity contribution in [1.29, 1.82) is 0 Å². The molecule has 7 heteroatoms. The number of nitrogens with two attached hydrogens (primary N) is 1. The molecule has 0 saturated carbocycles. The zero-order valence-corrected chi connectivity index (χ0v) is 12.8. The molecule has 7 nitrogen and oxygen atoms in total. The highest BCUT2D eigenvalue weighted by molar-refractivity contribution is 5.95. The van der Waals surface area contributed by atoms with E-state index < -0.39 is 11.4 Å². The molecule has 1 aromatic rings. The first-order valence-electron chi connectivity index (χ1n) is 6.70. The van der Waals surface area contributed by atoms with E-state index in [1.165, 1.54) is 12.3 Å². The maximum Gasteiger partial charge on any atom is 0.341 e. The zero-order valence-electron chi connectivity index (χ0n) is 12.8. The highest BCUT2D eigenvalue weighted by Gasteiger charge is 2.27. The van der Waals surface area contributed by atoms with Gasteiger partial charge in [-0.2, -0.15) is 0 Å². The summed E-state index contributed by atoms with van der Waals surface area (Å²) in [6.45, 7) is 5.88. The van der Waals surface area contributed by atoms with E-state index in [2.05, 4.69) is 15.6 Å². The molecular weight excluding hydrogens is 272 g/mol. The van der Waals surface area contributed by atoms with Gasteiger partial charge in [0.05, 0.1) is 23.9 Å². The van der Waals surface area contributed by atoms with E-state index in [1.54, 1.807) is 27.8 Å². The van der Waals surface area contributed by atoms with Crippen molar-refractivity contribution in [2.45, 2.75) is 20.8 Å². The molecule has 0 fully saturated rings. The van der Waals surface area contributed by atoms with Crippen LogP contribution in [0.15, 0.2) is 12.3 Å². The lowest BCUT2D eigenvalue weighted by Crippen LogP contribution is -2.39. The van der Waals surface area contributed by atoms with Crippen LogP contribution >= 0.6 is 0 Å². The monoisotopic (exact) mass is 294 g/mol. The van der Waals surface area contributed by atoms with Crippen molar-refractivity contribution in [3.63, 3.8) is 0 Å². The molecule has 116 valence electrons. The van der Waals surface area contributed by atoms with Gasteiger partial charge < -0.3 is 21.1 Å². The van der Waals surface area contributed by atoms with Crippen LogP contribution in [0.1, 0.15) is 31.1 Å². The van der Waals surface area contributed by atoms with Gasteiger partial charge in [0.25, 0.3) is 0 Å². The quantitative estimate of drug-likeness (QED) is 0.676. The molecule has 0 bridgehead atoms. The average molecular weight is 294 g/mol. The van der Waals surface area contributed by atoms with Gasteiger partial charge in [-0.3, -0.25) is 4.79 Å². The Balaban J connectivity index is 2.93. The number of pyridine rings is 1. The average Bonchev–Trinajstić information content (AvgIpc) is 2.45. The van der Waals surface area contributed by atoms with Gasteiger partial charge in [0, 0.05) is 13.6 Å². The molecule has 1 amide bonds. The first-order chi connectivity index (χ1) is 9.81. The largest absolute Gasteiger partial charge is 0.462 e. The minimum absolute atomic E-state index is 0.108. The van der Waals surface area contributed by atoms with Gasteiger partial charge in [-0.25, -0.2) is 9.78 Å². The van der Waals surface area contributed by atoms with Crippen LogP contribution in [-0.2, 0) is 9.53 Å². The lowest BCUT2D eigenvalue weighted by Gasteiger charge is -2.23. The van der Waals surface area contributed by atoms with E-state index in [0.717, 1.165) is 0 Å². The van der Waals surface area contributed by atoms with Gasteiger partial charge in [0.2, 0.25) is 5.91 Å². The molecule has 0 saturated heterocycles. The molecule has 0 spiro atoms. The Morgan fingerprint density at radius 1 is 1.43 bits per heavy atom. The Labute approximate surface area is 124 Å². The third kappa shape index (κ3) is 4.34. The van der Waals surface area contributed by atoms with E-state index >= 15 is 0 Å². The normalized spacial score (nSPS) is 10.9. The number of carbonyl (C=O) groups excluding carboxylic acids is 2. The number of ether oxygens (including phenoxy) is 1. The topological polar surface area (TPSA) is 106 Å². The molecule has 1 rings (SSSR count). The third-order valence-electron chi connectivity index (χ3n) is 2.94. The molecule has 0 atom stereocenters. The molecule has 0 unspecified atom stereocenters. The van der Waals surface area contributed by atoms with Crippen LogP contribution in [0.5, 0.6) is 0 Å². The summed E-state index contributed by atoms with van der Waals surface area (Å²) in [6, 6.07) is 1.50. The number of nitrogen functional groups attached to an aromatic ring is 1. The number of nitrogens with one attached hydrogen (secondary N) is 2. The second-order valence-electron chi connectivity index (χ2n) is 5.20. The molecule has 0 aliphatic heterocycles. The minimum Gasteiger partial charge on any atom is -0.462 e. The smallest absolute Gasteiger partial charge is 0.341 e. The fraction of sp³-hybridized carbons (Fsp3) is 0.500. The highest BCUT2D eigenvalue weighted by Crippen LogP contribution is 2.20. The highest BCUT2D eigenvalue weighted by atomic mass is 16.5. The predicted molar refractivity (Wildman–Crippen MR) is 80.9 cm³/mol. The fourth-order valence-corrected chi connectivity index (χ4v) is 1.71. The van der Waals surface area contributed by atoms with E-state index in [9.17, 15) is 9.59 Å². The summed E-state index contributed by atoms with van der Waals surface area (Å²) in [7, 11) is 1.58. The standard InChI is InChI=1S/C14H22N4O3/c1-5-21-12(19)10-6-9(15)7-17-11(10)18-8-14(2,3)13(20)16-4/h6-7H,5,8,15H2,1-4H3,(H,16,20)(H,17,18). The summed E-state index contributed by atoms with van der Waals surface area (Å²) in [6.07, 6.45) is 1.44. The van der Waals surface area contributed by atoms with Crippen LogP contribution in [0.2, 0.25) is 0 Å². The Bertz CT molecular complexity index is 529. The van der Waals surface area contributed by atoms with E-state index in [1.807, 2.05) is 0 Å². The number of aromatic nitrogens is 1. The fourth-order valence-electron chi connectivity index (χ4n) is 1.71. The SMILES string of the molecule is CCOC(=O)c1cc(N)cnc1NCC(C)(C)C(=O)NC. The number of hydrogen-bond donors (Lipinski definition) is 3. The van der Waals surface area contributed by atoms with Crippen molar-refractivity contribution in [3.8, 4) is 0 Å². The van der Waals surface area contributed by atoms with Crippen LogP contribution in [0, 0.1) is 5.41 Å². The number of esters is 1. The van der Waals surface area contributed by atoms with Gasteiger partial charge in [-0.1, -0.05) is 0 Å². The summed E-state index contributed by atoms with van der Waals surface area (Å²) < 4.78 is 4.97. The lowest BCUT2D eigenvalue weighted by atomic mass is 9.92. The van der Waals surface area contributed by atoms with Gasteiger partial charge in [0.1, 0.15) is 11.4 Å². The van der Waals surface area contributed by atoms with Gasteiger partial charge in [0.15, 0.2) is 0 Å². The maximum absolute atomic E-state index is 11.9. The van der Waals surface area contributed by atoms with Crippen molar-refractivity contribution in [1.82, 2.24) is 10.3 Å². The lowest BCUT2D eigenvalue weighted by molar-refractivity contribution is -0.128. The number of anilines is 2. The number of carbonyl (C=O) groups is 2. The molecule has 4 N–H and O–H groups in total.